The first kappa shape index (κ1) is 18.3. The average Bonchev–Trinajstić information content (AvgIpc) is 2.42. The second-order valence-electron chi connectivity index (χ2n) is 5.24. The lowest BCUT2D eigenvalue weighted by atomic mass is 10.1. The Morgan fingerprint density at radius 3 is 1.95 bits per heavy atom. The summed E-state index contributed by atoms with van der Waals surface area (Å²) in [6, 6.07) is 0. The van der Waals surface area contributed by atoms with Crippen molar-refractivity contribution in [2.75, 3.05) is 13.2 Å². The minimum atomic E-state index is -0.251. The molecule has 19 heavy (non-hydrogen) atoms. The molecule has 0 aromatic rings. The standard InChI is InChI=1S/C16H33NO2/c1-3-5-7-8-9-10-11-13-15-19-16(18)17-14-12-6-4-2/h3-15H2,1-2H3,(H,17,18). The lowest BCUT2D eigenvalue weighted by Crippen LogP contribution is -2.25. The molecule has 114 valence electrons. The highest BCUT2D eigenvalue weighted by Crippen LogP contribution is 2.08. The summed E-state index contributed by atoms with van der Waals surface area (Å²) in [4.78, 5) is 11.3. The highest BCUT2D eigenvalue weighted by Gasteiger charge is 2.00. The molecule has 1 N–H and O–H groups in total. The number of carbonyl (C=O) groups excluding carboxylic acids is 1. The molecule has 0 aliphatic carbocycles. The van der Waals surface area contributed by atoms with E-state index in [0.717, 1.165) is 25.8 Å². The Morgan fingerprint density at radius 1 is 0.789 bits per heavy atom. The van der Waals surface area contributed by atoms with Crippen molar-refractivity contribution < 1.29 is 9.53 Å². The van der Waals surface area contributed by atoms with E-state index in [1.54, 1.807) is 0 Å². The maximum Gasteiger partial charge on any atom is 0.407 e. The summed E-state index contributed by atoms with van der Waals surface area (Å²) in [5, 5.41) is 2.78. The molecule has 0 aliphatic heterocycles. The second kappa shape index (κ2) is 15.3. The zero-order valence-corrected chi connectivity index (χ0v) is 13.0. The van der Waals surface area contributed by atoms with Crippen LogP contribution in [-0.2, 0) is 4.74 Å². The summed E-state index contributed by atoms with van der Waals surface area (Å²) in [6.07, 6.45) is 13.3. The Bertz CT molecular complexity index is 195. The maximum atomic E-state index is 11.3. The average molecular weight is 271 g/mol. The van der Waals surface area contributed by atoms with Gasteiger partial charge in [-0.2, -0.15) is 0 Å². The van der Waals surface area contributed by atoms with E-state index in [1.807, 2.05) is 0 Å². The molecule has 0 heterocycles. The normalized spacial score (nSPS) is 10.4. The van der Waals surface area contributed by atoms with Crippen LogP contribution in [0.1, 0.15) is 84.5 Å². The molecule has 0 saturated heterocycles. The molecule has 3 heteroatoms. The van der Waals surface area contributed by atoms with Crippen molar-refractivity contribution in [2.24, 2.45) is 0 Å². The Morgan fingerprint density at radius 2 is 1.32 bits per heavy atom. The van der Waals surface area contributed by atoms with Gasteiger partial charge in [-0.05, 0) is 12.8 Å². The molecule has 0 saturated carbocycles. The molecule has 0 rings (SSSR count). The molecule has 0 aromatic carbocycles. The first-order valence-corrected chi connectivity index (χ1v) is 8.21. The molecule has 0 bridgehead atoms. The number of rotatable bonds is 13. The molecule has 1 amide bonds. The molecule has 3 nitrogen and oxygen atoms in total. The fraction of sp³-hybridized carbons (Fsp3) is 0.938. The SMILES string of the molecule is CCCCCCCCCCOC(=O)NCCCCC. The van der Waals surface area contributed by atoms with Gasteiger partial charge >= 0.3 is 6.09 Å². The number of unbranched alkanes of at least 4 members (excludes halogenated alkanes) is 9. The van der Waals surface area contributed by atoms with Crippen molar-refractivity contribution in [1.82, 2.24) is 5.32 Å². The van der Waals surface area contributed by atoms with Crippen molar-refractivity contribution in [3.05, 3.63) is 0 Å². The van der Waals surface area contributed by atoms with Crippen LogP contribution in [-0.4, -0.2) is 19.2 Å². The monoisotopic (exact) mass is 271 g/mol. The topological polar surface area (TPSA) is 38.3 Å². The van der Waals surface area contributed by atoms with E-state index in [-0.39, 0.29) is 6.09 Å². The van der Waals surface area contributed by atoms with Gasteiger partial charge < -0.3 is 10.1 Å². The zero-order valence-electron chi connectivity index (χ0n) is 13.0. The van der Waals surface area contributed by atoms with E-state index in [2.05, 4.69) is 19.2 Å². The first-order valence-electron chi connectivity index (χ1n) is 8.21. The van der Waals surface area contributed by atoms with Crippen LogP contribution < -0.4 is 5.32 Å². The lowest BCUT2D eigenvalue weighted by molar-refractivity contribution is 0.143. The summed E-state index contributed by atoms with van der Waals surface area (Å²) in [5.74, 6) is 0. The molecular formula is C16H33NO2. The highest BCUT2D eigenvalue weighted by molar-refractivity contribution is 5.66. The molecular weight excluding hydrogens is 238 g/mol. The highest BCUT2D eigenvalue weighted by atomic mass is 16.5. The Kier molecular flexibility index (Phi) is 14.7. The first-order chi connectivity index (χ1) is 9.31. The van der Waals surface area contributed by atoms with Crippen molar-refractivity contribution in [1.29, 1.82) is 0 Å². The molecule has 0 unspecified atom stereocenters. The molecule has 0 spiro atoms. The third-order valence-corrected chi connectivity index (χ3v) is 3.28. The van der Waals surface area contributed by atoms with Crippen LogP contribution in [0.25, 0.3) is 0 Å². The second-order valence-corrected chi connectivity index (χ2v) is 5.24. The van der Waals surface area contributed by atoms with Gasteiger partial charge in [-0.25, -0.2) is 4.79 Å². The molecule has 0 aliphatic rings. The lowest BCUT2D eigenvalue weighted by Gasteiger charge is -2.06. The molecule has 0 atom stereocenters. The van der Waals surface area contributed by atoms with Gasteiger partial charge in [-0.1, -0.05) is 71.6 Å². The summed E-state index contributed by atoms with van der Waals surface area (Å²) in [7, 11) is 0. The predicted octanol–water partition coefficient (Wildman–Crippen LogP) is 5.04. The van der Waals surface area contributed by atoms with Gasteiger partial charge in [0.05, 0.1) is 6.61 Å². The van der Waals surface area contributed by atoms with Gasteiger partial charge in [0, 0.05) is 6.54 Å². The maximum absolute atomic E-state index is 11.3. The van der Waals surface area contributed by atoms with Crippen LogP contribution in [0.5, 0.6) is 0 Å². The fourth-order valence-corrected chi connectivity index (χ4v) is 2.02. The number of carbonyl (C=O) groups is 1. The van der Waals surface area contributed by atoms with Crippen LogP contribution >= 0.6 is 0 Å². The van der Waals surface area contributed by atoms with Gasteiger partial charge in [0.1, 0.15) is 0 Å². The van der Waals surface area contributed by atoms with Crippen molar-refractivity contribution in [3.8, 4) is 0 Å². The van der Waals surface area contributed by atoms with Gasteiger partial charge in [0.15, 0.2) is 0 Å². The van der Waals surface area contributed by atoms with Crippen LogP contribution in [0.3, 0.4) is 0 Å². The summed E-state index contributed by atoms with van der Waals surface area (Å²) in [5.41, 5.74) is 0. The molecule has 0 aromatic heterocycles. The number of nitrogens with one attached hydrogen (secondary N) is 1. The predicted molar refractivity (Wildman–Crippen MR) is 81.5 cm³/mol. The van der Waals surface area contributed by atoms with Crippen LogP contribution in [0, 0.1) is 0 Å². The number of amides is 1. The van der Waals surface area contributed by atoms with Crippen molar-refractivity contribution >= 4 is 6.09 Å². The van der Waals surface area contributed by atoms with E-state index in [9.17, 15) is 4.79 Å². The van der Waals surface area contributed by atoms with Gasteiger partial charge in [0.25, 0.3) is 0 Å². The summed E-state index contributed by atoms with van der Waals surface area (Å²) in [6.45, 7) is 5.70. The van der Waals surface area contributed by atoms with Gasteiger partial charge in [-0.15, -0.1) is 0 Å². The number of ether oxygens (including phenoxy) is 1. The quantitative estimate of drug-likeness (QED) is 0.476. The Balaban J connectivity index is 3.10. The smallest absolute Gasteiger partial charge is 0.407 e. The number of hydrogen-bond acceptors (Lipinski definition) is 2. The Labute approximate surface area is 119 Å². The Hall–Kier alpha value is -0.730. The van der Waals surface area contributed by atoms with Crippen LogP contribution in [0.2, 0.25) is 0 Å². The molecule has 0 radical (unpaired) electrons. The van der Waals surface area contributed by atoms with Crippen LogP contribution in [0.15, 0.2) is 0 Å². The van der Waals surface area contributed by atoms with Crippen molar-refractivity contribution in [3.63, 3.8) is 0 Å². The number of alkyl carbamates (subject to hydrolysis) is 1. The molecule has 0 fully saturated rings. The summed E-state index contributed by atoms with van der Waals surface area (Å²) >= 11 is 0. The van der Waals surface area contributed by atoms with E-state index >= 15 is 0 Å². The van der Waals surface area contributed by atoms with Crippen molar-refractivity contribution in [2.45, 2.75) is 84.5 Å². The van der Waals surface area contributed by atoms with Gasteiger partial charge in [0.2, 0.25) is 0 Å². The van der Waals surface area contributed by atoms with E-state index < -0.39 is 0 Å². The van der Waals surface area contributed by atoms with Gasteiger partial charge in [-0.3, -0.25) is 0 Å². The fourth-order valence-electron chi connectivity index (χ4n) is 2.02. The van der Waals surface area contributed by atoms with E-state index in [1.165, 1.54) is 51.4 Å². The largest absolute Gasteiger partial charge is 0.450 e. The van der Waals surface area contributed by atoms with E-state index in [4.69, 9.17) is 4.74 Å². The van der Waals surface area contributed by atoms with E-state index in [0.29, 0.717) is 6.61 Å². The third-order valence-electron chi connectivity index (χ3n) is 3.28. The minimum absolute atomic E-state index is 0.251. The zero-order chi connectivity index (χ0) is 14.2. The minimum Gasteiger partial charge on any atom is -0.450 e. The van der Waals surface area contributed by atoms with Crippen LogP contribution in [0.4, 0.5) is 4.79 Å². The number of hydrogen-bond donors (Lipinski definition) is 1. The summed E-state index contributed by atoms with van der Waals surface area (Å²) < 4.78 is 5.12. The third kappa shape index (κ3) is 15.2.